The van der Waals surface area contributed by atoms with Crippen molar-refractivity contribution in [2.24, 2.45) is 0 Å². The van der Waals surface area contributed by atoms with E-state index in [0.717, 1.165) is 24.3 Å². The molecule has 18 heavy (non-hydrogen) atoms. The van der Waals surface area contributed by atoms with Gasteiger partial charge in [-0.05, 0) is 32.6 Å². The van der Waals surface area contributed by atoms with Crippen molar-refractivity contribution in [3.8, 4) is 17.6 Å². The van der Waals surface area contributed by atoms with Gasteiger partial charge in [0.15, 0.2) is 0 Å². The molecule has 0 amide bonds. The fourth-order valence-corrected chi connectivity index (χ4v) is 1.56. The number of hydrogen-bond acceptors (Lipinski definition) is 2. The molecule has 1 rings (SSSR count). The summed E-state index contributed by atoms with van der Waals surface area (Å²) in [6, 6.07) is 7.87. The lowest BCUT2D eigenvalue weighted by atomic mass is 10.2. The average molecular weight is 266 g/mol. The summed E-state index contributed by atoms with van der Waals surface area (Å²) in [6.45, 7) is 1.74. The SMILES string of the molecule is CN(C)CCCOc1ccccc1C#CCCCl. The Bertz CT molecular complexity index is 406. The van der Waals surface area contributed by atoms with Crippen molar-refractivity contribution >= 4 is 11.6 Å². The predicted molar refractivity (Wildman–Crippen MR) is 77.3 cm³/mol. The molecule has 0 aliphatic rings. The van der Waals surface area contributed by atoms with Gasteiger partial charge in [-0.3, -0.25) is 0 Å². The van der Waals surface area contributed by atoms with Crippen LogP contribution < -0.4 is 4.74 Å². The molecule has 98 valence electrons. The van der Waals surface area contributed by atoms with Gasteiger partial charge in [0.05, 0.1) is 12.2 Å². The second-order valence-corrected chi connectivity index (χ2v) is 4.62. The summed E-state index contributed by atoms with van der Waals surface area (Å²) < 4.78 is 5.76. The van der Waals surface area contributed by atoms with Gasteiger partial charge in [0.2, 0.25) is 0 Å². The molecule has 0 bridgehead atoms. The standard InChI is InChI=1S/C15H20ClNO/c1-17(2)12-7-13-18-15-10-4-3-8-14(15)9-5-6-11-16/h3-4,8,10H,6-7,11-13H2,1-2H3. The molecular weight excluding hydrogens is 246 g/mol. The van der Waals surface area contributed by atoms with Gasteiger partial charge in [0.25, 0.3) is 0 Å². The van der Waals surface area contributed by atoms with Gasteiger partial charge in [-0.2, -0.15) is 0 Å². The van der Waals surface area contributed by atoms with Crippen LogP contribution in [0.1, 0.15) is 18.4 Å². The van der Waals surface area contributed by atoms with Crippen LogP contribution in [0.25, 0.3) is 0 Å². The topological polar surface area (TPSA) is 12.5 Å². The summed E-state index contributed by atoms with van der Waals surface area (Å²) in [4.78, 5) is 2.15. The Labute approximate surface area is 115 Å². The molecule has 0 saturated heterocycles. The first-order valence-corrected chi connectivity index (χ1v) is 6.69. The third-order valence-electron chi connectivity index (χ3n) is 2.34. The van der Waals surface area contributed by atoms with Crippen LogP contribution in [0.5, 0.6) is 5.75 Å². The van der Waals surface area contributed by atoms with Crippen LogP contribution in [0.3, 0.4) is 0 Å². The van der Waals surface area contributed by atoms with Crippen molar-refractivity contribution in [2.45, 2.75) is 12.8 Å². The summed E-state index contributed by atoms with van der Waals surface area (Å²) in [7, 11) is 4.12. The first-order chi connectivity index (χ1) is 8.74. The molecule has 2 nitrogen and oxygen atoms in total. The highest BCUT2D eigenvalue weighted by Crippen LogP contribution is 2.16. The number of nitrogens with zero attached hydrogens (tertiary/aromatic N) is 1. The Morgan fingerprint density at radius 2 is 2.06 bits per heavy atom. The van der Waals surface area contributed by atoms with Gasteiger partial charge in [0.1, 0.15) is 5.75 Å². The third kappa shape index (κ3) is 5.95. The van der Waals surface area contributed by atoms with Crippen LogP contribution in [0, 0.1) is 11.8 Å². The first-order valence-electron chi connectivity index (χ1n) is 6.15. The van der Waals surface area contributed by atoms with E-state index in [9.17, 15) is 0 Å². The minimum absolute atomic E-state index is 0.568. The van der Waals surface area contributed by atoms with Gasteiger partial charge in [0, 0.05) is 18.8 Å². The molecule has 3 heteroatoms. The Balaban J connectivity index is 2.52. The normalized spacial score (nSPS) is 10.0. The fraction of sp³-hybridized carbons (Fsp3) is 0.467. The highest BCUT2D eigenvalue weighted by Gasteiger charge is 1.99. The van der Waals surface area contributed by atoms with E-state index in [0.29, 0.717) is 18.9 Å². The van der Waals surface area contributed by atoms with Crippen LogP contribution in [-0.4, -0.2) is 38.0 Å². The third-order valence-corrected chi connectivity index (χ3v) is 2.53. The van der Waals surface area contributed by atoms with E-state index in [1.165, 1.54) is 0 Å². The molecule has 1 aromatic carbocycles. The van der Waals surface area contributed by atoms with Gasteiger partial charge >= 0.3 is 0 Å². The molecule has 0 unspecified atom stereocenters. The van der Waals surface area contributed by atoms with Crippen molar-refractivity contribution in [3.05, 3.63) is 29.8 Å². The van der Waals surface area contributed by atoms with Gasteiger partial charge in [-0.15, -0.1) is 11.6 Å². The highest BCUT2D eigenvalue weighted by atomic mass is 35.5. The van der Waals surface area contributed by atoms with E-state index >= 15 is 0 Å². The first kappa shape index (κ1) is 14.9. The van der Waals surface area contributed by atoms with E-state index in [-0.39, 0.29) is 0 Å². The largest absolute Gasteiger partial charge is 0.492 e. The zero-order valence-electron chi connectivity index (χ0n) is 11.1. The number of benzene rings is 1. The molecule has 0 aromatic heterocycles. The molecular formula is C15H20ClNO. The maximum atomic E-state index is 5.76. The van der Waals surface area contributed by atoms with Crippen molar-refractivity contribution in [2.75, 3.05) is 33.1 Å². The predicted octanol–water partition coefficient (Wildman–Crippen LogP) is 3.00. The summed E-state index contributed by atoms with van der Waals surface area (Å²) >= 11 is 5.60. The maximum Gasteiger partial charge on any atom is 0.134 e. The minimum Gasteiger partial charge on any atom is -0.492 e. The molecule has 0 heterocycles. The van der Waals surface area contributed by atoms with Crippen molar-refractivity contribution in [1.82, 2.24) is 4.90 Å². The van der Waals surface area contributed by atoms with Gasteiger partial charge < -0.3 is 9.64 Å². The molecule has 0 radical (unpaired) electrons. The average Bonchev–Trinajstić information content (AvgIpc) is 2.36. The lowest BCUT2D eigenvalue weighted by Crippen LogP contribution is -2.15. The van der Waals surface area contributed by atoms with Gasteiger partial charge in [-0.1, -0.05) is 24.0 Å². The minimum atomic E-state index is 0.568. The van der Waals surface area contributed by atoms with E-state index in [4.69, 9.17) is 16.3 Å². The number of halogens is 1. The highest BCUT2D eigenvalue weighted by molar-refractivity contribution is 6.18. The molecule has 0 atom stereocenters. The van der Waals surface area contributed by atoms with Crippen molar-refractivity contribution in [1.29, 1.82) is 0 Å². The summed E-state index contributed by atoms with van der Waals surface area (Å²) in [5.41, 5.74) is 0.937. The Morgan fingerprint density at radius 1 is 1.28 bits per heavy atom. The van der Waals surface area contributed by atoms with Crippen molar-refractivity contribution in [3.63, 3.8) is 0 Å². The molecule has 0 N–H and O–H groups in total. The summed E-state index contributed by atoms with van der Waals surface area (Å²) in [5.74, 6) is 7.55. The number of alkyl halides is 1. The second-order valence-electron chi connectivity index (χ2n) is 4.24. The Kier molecular flexibility index (Phi) is 7.32. The van der Waals surface area contributed by atoms with Crippen molar-refractivity contribution < 1.29 is 4.74 Å². The van der Waals surface area contributed by atoms with Crippen LogP contribution >= 0.6 is 11.6 Å². The zero-order chi connectivity index (χ0) is 13.2. The second kappa shape index (κ2) is 8.85. The van der Waals surface area contributed by atoms with E-state index in [1.807, 2.05) is 24.3 Å². The van der Waals surface area contributed by atoms with Crippen LogP contribution in [0.15, 0.2) is 24.3 Å². The molecule has 0 aliphatic carbocycles. The van der Waals surface area contributed by atoms with Crippen LogP contribution in [0.4, 0.5) is 0 Å². The summed E-state index contributed by atoms with van der Waals surface area (Å²) in [6.07, 6.45) is 1.72. The maximum absolute atomic E-state index is 5.76. The molecule has 0 fully saturated rings. The fourth-order valence-electron chi connectivity index (χ4n) is 1.46. The van der Waals surface area contributed by atoms with Crippen LogP contribution in [-0.2, 0) is 0 Å². The number of rotatable bonds is 6. The Morgan fingerprint density at radius 3 is 2.78 bits per heavy atom. The lowest BCUT2D eigenvalue weighted by molar-refractivity contribution is 0.281. The molecule has 0 aliphatic heterocycles. The zero-order valence-corrected chi connectivity index (χ0v) is 11.8. The van der Waals surface area contributed by atoms with E-state index in [2.05, 4.69) is 30.8 Å². The Hall–Kier alpha value is -1.17. The number of hydrogen-bond donors (Lipinski definition) is 0. The monoisotopic (exact) mass is 265 g/mol. The number of para-hydroxylation sites is 1. The molecule has 1 aromatic rings. The van der Waals surface area contributed by atoms with Crippen LogP contribution in [0.2, 0.25) is 0 Å². The summed E-state index contributed by atoms with van der Waals surface area (Å²) in [5, 5.41) is 0. The lowest BCUT2D eigenvalue weighted by Gasteiger charge is -2.11. The van der Waals surface area contributed by atoms with E-state index in [1.54, 1.807) is 0 Å². The quantitative estimate of drug-likeness (QED) is 0.445. The molecule has 0 spiro atoms. The van der Waals surface area contributed by atoms with Gasteiger partial charge in [-0.25, -0.2) is 0 Å². The van der Waals surface area contributed by atoms with E-state index < -0.39 is 0 Å². The molecule has 0 saturated carbocycles. The number of ether oxygens (including phenoxy) is 1. The smallest absolute Gasteiger partial charge is 0.134 e.